The van der Waals surface area contributed by atoms with Crippen molar-refractivity contribution in [3.05, 3.63) is 113 Å². The molecule has 8 nitrogen and oxygen atoms in total. The zero-order chi connectivity index (χ0) is 34.3. The summed E-state index contributed by atoms with van der Waals surface area (Å²) in [6.45, 7) is 9.43. The number of alkyl halides is 3. The first-order valence-corrected chi connectivity index (χ1v) is 14.7. The number of nitrogens with one attached hydrogen (secondary N) is 2. The first kappa shape index (κ1) is 37.2. The Morgan fingerprint density at radius 3 is 2.20 bits per heavy atom. The number of aldehydes is 1. The van der Waals surface area contributed by atoms with Crippen molar-refractivity contribution in [3.8, 4) is 11.3 Å². The molecule has 0 radical (unpaired) electrons. The summed E-state index contributed by atoms with van der Waals surface area (Å²) in [5, 5.41) is 12.5. The van der Waals surface area contributed by atoms with Crippen LogP contribution in [0.4, 0.5) is 24.5 Å². The largest absolute Gasteiger partial charge is 0.416 e. The lowest BCUT2D eigenvalue weighted by Gasteiger charge is -2.23. The van der Waals surface area contributed by atoms with E-state index in [4.69, 9.17) is 5.11 Å². The molecule has 0 spiro atoms. The molecule has 0 saturated heterocycles. The number of hydrogen-bond acceptors (Lipinski definition) is 6. The summed E-state index contributed by atoms with van der Waals surface area (Å²) in [6.07, 6.45) is -2.36. The fourth-order valence-electron chi connectivity index (χ4n) is 4.45. The van der Waals surface area contributed by atoms with Crippen LogP contribution >= 0.6 is 0 Å². The number of pyridine rings is 1. The van der Waals surface area contributed by atoms with E-state index in [1.165, 1.54) is 30.5 Å². The maximum Gasteiger partial charge on any atom is 0.416 e. The standard InChI is InChI=1S/C32H29F3N4O3.C2H6.CH4O/c1-3-39(4-2)26-11-12-28(38-31(42)23-9-5-8-22(15-23)20-40)27(18-26)29-17-24(13-14-36-29)30(41)37-19-21-7-6-10-25(16-21)32(33,34)35;2*1-2/h5-18,20H,3-4,19H2,1-2H3,(H,37,41)(H,38,42);1-2H3;2H,1H3. The van der Waals surface area contributed by atoms with Crippen molar-refractivity contribution in [2.75, 3.05) is 30.4 Å². The molecule has 0 bridgehead atoms. The smallest absolute Gasteiger partial charge is 0.400 e. The minimum atomic E-state index is -4.48. The predicted octanol–water partition coefficient (Wildman–Crippen LogP) is 7.24. The summed E-state index contributed by atoms with van der Waals surface area (Å²) in [6, 6.07) is 19.6. The number of anilines is 2. The van der Waals surface area contributed by atoms with Crippen molar-refractivity contribution in [2.24, 2.45) is 0 Å². The van der Waals surface area contributed by atoms with Gasteiger partial charge in [0.25, 0.3) is 11.8 Å². The number of aliphatic hydroxyl groups is 1. The molecule has 0 unspecified atom stereocenters. The second kappa shape index (κ2) is 18.1. The third-order valence-corrected chi connectivity index (χ3v) is 6.67. The molecule has 0 aliphatic heterocycles. The number of rotatable bonds is 10. The van der Waals surface area contributed by atoms with Crippen molar-refractivity contribution in [2.45, 2.75) is 40.4 Å². The van der Waals surface area contributed by atoms with E-state index in [0.717, 1.165) is 38.0 Å². The number of benzene rings is 3. The summed E-state index contributed by atoms with van der Waals surface area (Å²) in [7, 11) is 1.00. The number of halogens is 3. The number of hydrogen-bond donors (Lipinski definition) is 3. The van der Waals surface area contributed by atoms with Gasteiger partial charge in [-0.25, -0.2) is 0 Å². The van der Waals surface area contributed by atoms with Gasteiger partial charge < -0.3 is 20.6 Å². The van der Waals surface area contributed by atoms with Gasteiger partial charge in [-0.15, -0.1) is 0 Å². The Kier molecular flexibility index (Phi) is 14.6. The van der Waals surface area contributed by atoms with Crippen LogP contribution in [0.25, 0.3) is 11.3 Å². The van der Waals surface area contributed by atoms with Gasteiger partial charge in [-0.2, -0.15) is 13.2 Å². The average molecular weight is 637 g/mol. The number of aliphatic hydroxyl groups excluding tert-OH is 1. The van der Waals surface area contributed by atoms with E-state index in [-0.39, 0.29) is 12.1 Å². The summed E-state index contributed by atoms with van der Waals surface area (Å²) >= 11 is 0. The van der Waals surface area contributed by atoms with Crippen molar-refractivity contribution < 1.29 is 32.7 Å². The lowest BCUT2D eigenvalue weighted by Crippen LogP contribution is -2.23. The number of nitrogens with zero attached hydrogens (tertiary/aromatic N) is 2. The van der Waals surface area contributed by atoms with Crippen molar-refractivity contribution in [1.82, 2.24) is 10.3 Å². The molecule has 3 aromatic carbocycles. The Morgan fingerprint density at radius 2 is 1.54 bits per heavy atom. The number of carbonyl (C=O) groups excluding carboxylic acids is 3. The third-order valence-electron chi connectivity index (χ3n) is 6.67. The normalized spacial score (nSPS) is 10.4. The summed E-state index contributed by atoms with van der Waals surface area (Å²) in [5.41, 5.74) is 2.73. The molecule has 1 aromatic heterocycles. The van der Waals surface area contributed by atoms with Gasteiger partial charge in [0.05, 0.1) is 16.9 Å². The van der Waals surface area contributed by atoms with Crippen molar-refractivity contribution in [3.63, 3.8) is 0 Å². The molecule has 244 valence electrons. The summed E-state index contributed by atoms with van der Waals surface area (Å²) in [5.74, 6) is -0.919. The molecule has 2 amide bonds. The predicted molar refractivity (Wildman–Crippen MR) is 175 cm³/mol. The minimum absolute atomic E-state index is 0.0982. The van der Waals surface area contributed by atoms with Crippen molar-refractivity contribution >= 4 is 29.5 Å². The maximum absolute atomic E-state index is 13.1. The van der Waals surface area contributed by atoms with E-state index in [2.05, 4.69) is 20.5 Å². The van der Waals surface area contributed by atoms with Crippen LogP contribution in [0.1, 0.15) is 69.9 Å². The lowest BCUT2D eigenvalue weighted by atomic mass is 10.0. The van der Waals surface area contributed by atoms with Gasteiger partial charge >= 0.3 is 6.18 Å². The number of amides is 2. The Morgan fingerprint density at radius 1 is 0.870 bits per heavy atom. The Hall–Kier alpha value is -5.03. The number of aromatic nitrogens is 1. The van der Waals surface area contributed by atoms with E-state index in [9.17, 15) is 27.6 Å². The fraction of sp³-hybridized carbons (Fsp3) is 0.257. The molecule has 0 aliphatic rings. The van der Waals surface area contributed by atoms with Crippen LogP contribution in [-0.4, -0.2) is 48.4 Å². The average Bonchev–Trinajstić information content (AvgIpc) is 3.09. The second-order valence-corrected chi connectivity index (χ2v) is 9.41. The molecule has 0 saturated carbocycles. The topological polar surface area (TPSA) is 112 Å². The summed E-state index contributed by atoms with van der Waals surface area (Å²) < 4.78 is 39.2. The highest BCUT2D eigenvalue weighted by Gasteiger charge is 2.30. The van der Waals surface area contributed by atoms with E-state index >= 15 is 0 Å². The molecule has 4 rings (SSSR count). The first-order chi connectivity index (χ1) is 22.1. The van der Waals surface area contributed by atoms with E-state index in [0.29, 0.717) is 39.9 Å². The van der Waals surface area contributed by atoms with Gasteiger partial charge in [0.2, 0.25) is 0 Å². The van der Waals surface area contributed by atoms with E-state index < -0.39 is 23.6 Å². The first-order valence-electron chi connectivity index (χ1n) is 14.7. The zero-order valence-electron chi connectivity index (χ0n) is 26.5. The molecular weight excluding hydrogens is 597 g/mol. The summed E-state index contributed by atoms with van der Waals surface area (Å²) in [4.78, 5) is 43.8. The van der Waals surface area contributed by atoms with E-state index in [1.54, 1.807) is 30.3 Å². The molecule has 1 heterocycles. The van der Waals surface area contributed by atoms with Gasteiger partial charge in [-0.3, -0.25) is 19.4 Å². The zero-order valence-corrected chi connectivity index (χ0v) is 26.5. The molecule has 11 heteroatoms. The molecule has 0 atom stereocenters. The van der Waals surface area contributed by atoms with Crippen molar-refractivity contribution in [1.29, 1.82) is 0 Å². The third kappa shape index (κ3) is 10.00. The molecule has 46 heavy (non-hydrogen) atoms. The van der Waals surface area contributed by atoms with Gasteiger partial charge in [-0.1, -0.05) is 38.1 Å². The highest BCUT2D eigenvalue weighted by atomic mass is 19.4. The van der Waals surface area contributed by atoms with E-state index in [1.807, 2.05) is 39.8 Å². The van der Waals surface area contributed by atoms with Crippen LogP contribution in [0, 0.1) is 0 Å². The SMILES string of the molecule is CC.CCN(CC)c1ccc(NC(=O)c2cccc(C=O)c2)c(-c2cc(C(=O)NCc3cccc(C(F)(F)F)c3)ccn2)c1.CO. The van der Waals surface area contributed by atoms with Crippen LogP contribution in [0.3, 0.4) is 0 Å². The molecule has 0 aliphatic carbocycles. The van der Waals surface area contributed by atoms with Gasteiger partial charge in [0.15, 0.2) is 0 Å². The van der Waals surface area contributed by atoms with Crippen LogP contribution in [0.5, 0.6) is 0 Å². The molecular formula is C35H39F3N4O4. The Labute approximate surface area is 267 Å². The molecule has 3 N–H and O–H groups in total. The second-order valence-electron chi connectivity index (χ2n) is 9.41. The Bertz CT molecular complexity index is 1610. The van der Waals surface area contributed by atoms with Crippen LogP contribution in [-0.2, 0) is 12.7 Å². The van der Waals surface area contributed by atoms with Crippen LogP contribution in [0.2, 0.25) is 0 Å². The van der Waals surface area contributed by atoms with Crippen LogP contribution < -0.4 is 15.5 Å². The highest BCUT2D eigenvalue weighted by Crippen LogP contribution is 2.32. The minimum Gasteiger partial charge on any atom is -0.400 e. The Balaban J connectivity index is 0.00000177. The molecule has 4 aromatic rings. The van der Waals surface area contributed by atoms with Gasteiger partial charge in [-0.05, 0) is 74.0 Å². The maximum atomic E-state index is 13.1. The monoisotopic (exact) mass is 636 g/mol. The molecule has 0 fully saturated rings. The fourth-order valence-corrected chi connectivity index (χ4v) is 4.45. The van der Waals surface area contributed by atoms with Gasteiger partial charge in [0, 0.05) is 60.9 Å². The van der Waals surface area contributed by atoms with Gasteiger partial charge in [0.1, 0.15) is 6.29 Å². The lowest BCUT2D eigenvalue weighted by molar-refractivity contribution is -0.137. The van der Waals surface area contributed by atoms with Crippen LogP contribution in [0.15, 0.2) is 85.1 Å². The quantitative estimate of drug-likeness (QED) is 0.158. The number of carbonyl (C=O) groups is 3. The highest BCUT2D eigenvalue weighted by molar-refractivity contribution is 6.07.